The smallest absolute Gasteiger partial charge is 0.405 e. The van der Waals surface area contributed by atoms with Gasteiger partial charge in [0.25, 0.3) is 0 Å². The number of nitrogens with one attached hydrogen (secondary N) is 1. The number of benzene rings is 1. The Morgan fingerprint density at radius 3 is 2.55 bits per heavy atom. The second kappa shape index (κ2) is 9.49. The van der Waals surface area contributed by atoms with Gasteiger partial charge in [-0.3, -0.25) is 4.79 Å². The van der Waals surface area contributed by atoms with E-state index in [4.69, 9.17) is 5.11 Å². The summed E-state index contributed by atoms with van der Waals surface area (Å²) in [7, 11) is 0. The van der Waals surface area contributed by atoms with E-state index in [-0.39, 0.29) is 29.8 Å². The van der Waals surface area contributed by atoms with Gasteiger partial charge in [0.2, 0.25) is 5.91 Å². The zero-order chi connectivity index (χ0) is 23.8. The zero-order valence-electron chi connectivity index (χ0n) is 19.6. The second-order valence-corrected chi connectivity index (χ2v) is 10.4. The fraction of sp³-hybridized carbons (Fsp3) is 0.680. The number of hydrogen-bond acceptors (Lipinski definition) is 4. The SMILES string of the molecule is CC(C)C(NC(=O)O)c1ccc(N2CCC[C@]3(CCN([C@H]4CC[C@H](O)CC4)C3=O)C2)c(F)c1. The van der Waals surface area contributed by atoms with Crippen LogP contribution in [0.3, 0.4) is 0 Å². The number of likely N-dealkylation sites (tertiary alicyclic amines) is 1. The molecule has 3 fully saturated rings. The number of carbonyl (C=O) groups is 2. The van der Waals surface area contributed by atoms with Crippen molar-refractivity contribution in [3.63, 3.8) is 0 Å². The minimum atomic E-state index is -1.13. The highest BCUT2D eigenvalue weighted by Gasteiger charge is 2.50. The number of rotatable bonds is 5. The topological polar surface area (TPSA) is 93.1 Å². The highest BCUT2D eigenvalue weighted by molar-refractivity contribution is 5.86. The van der Waals surface area contributed by atoms with Crippen LogP contribution in [0.5, 0.6) is 0 Å². The molecule has 182 valence electrons. The minimum absolute atomic E-state index is 0.0207. The maximum Gasteiger partial charge on any atom is 0.405 e. The van der Waals surface area contributed by atoms with E-state index in [1.165, 1.54) is 6.07 Å². The van der Waals surface area contributed by atoms with E-state index in [0.29, 0.717) is 24.3 Å². The number of carbonyl (C=O) groups excluding carboxylic acids is 1. The summed E-state index contributed by atoms with van der Waals surface area (Å²) >= 11 is 0. The van der Waals surface area contributed by atoms with Crippen molar-refractivity contribution in [1.29, 1.82) is 0 Å². The molecular formula is C25H36FN3O4. The molecule has 0 radical (unpaired) electrons. The summed E-state index contributed by atoms with van der Waals surface area (Å²) < 4.78 is 15.2. The van der Waals surface area contributed by atoms with Gasteiger partial charge in [-0.1, -0.05) is 19.9 Å². The normalized spacial score (nSPS) is 29.1. The van der Waals surface area contributed by atoms with Gasteiger partial charge >= 0.3 is 6.09 Å². The van der Waals surface area contributed by atoms with Gasteiger partial charge in [-0.15, -0.1) is 0 Å². The molecule has 0 bridgehead atoms. The first-order chi connectivity index (χ1) is 15.7. The van der Waals surface area contributed by atoms with Crippen molar-refractivity contribution in [2.45, 2.75) is 77.0 Å². The number of piperidine rings is 1. The third kappa shape index (κ3) is 4.81. The third-order valence-electron chi connectivity index (χ3n) is 7.85. The molecule has 1 unspecified atom stereocenters. The van der Waals surface area contributed by atoms with Gasteiger partial charge < -0.3 is 25.3 Å². The number of aliphatic hydroxyl groups is 1. The molecule has 0 aromatic heterocycles. The van der Waals surface area contributed by atoms with E-state index < -0.39 is 17.6 Å². The fourth-order valence-electron chi connectivity index (χ4n) is 6.02. The standard InChI is InChI=1S/C25H36FN3O4/c1-16(2)22(27-24(32)33)17-4-9-21(20(26)14-17)28-12-3-10-25(15-28)11-13-29(23(25)31)18-5-7-19(30)8-6-18/h4,9,14,16,18-19,22,27,30H,3,5-8,10-13,15H2,1-2H3,(H,32,33)/t18-,19-,22?,25-/m0/s1. The van der Waals surface area contributed by atoms with Gasteiger partial charge in [0.1, 0.15) is 5.82 Å². The molecule has 2 saturated heterocycles. The van der Waals surface area contributed by atoms with E-state index in [1.54, 1.807) is 12.1 Å². The number of nitrogens with zero attached hydrogens (tertiary/aromatic N) is 2. The van der Waals surface area contributed by atoms with Crippen LogP contribution in [0.2, 0.25) is 0 Å². The Bertz CT molecular complexity index is 886. The van der Waals surface area contributed by atoms with Crippen LogP contribution in [0.25, 0.3) is 0 Å². The van der Waals surface area contributed by atoms with E-state index in [0.717, 1.165) is 51.5 Å². The molecule has 1 aromatic rings. The molecule has 1 aliphatic carbocycles. The summed E-state index contributed by atoms with van der Waals surface area (Å²) in [4.78, 5) is 28.7. The van der Waals surface area contributed by atoms with Crippen LogP contribution in [0, 0.1) is 17.2 Å². The summed E-state index contributed by atoms with van der Waals surface area (Å²) in [6, 6.07) is 4.66. The van der Waals surface area contributed by atoms with Crippen molar-refractivity contribution in [2.75, 3.05) is 24.5 Å². The Balaban J connectivity index is 1.49. The van der Waals surface area contributed by atoms with Crippen LogP contribution < -0.4 is 10.2 Å². The van der Waals surface area contributed by atoms with Crippen LogP contribution in [0.1, 0.15) is 70.4 Å². The molecule has 4 rings (SSSR count). The van der Waals surface area contributed by atoms with Crippen molar-refractivity contribution in [3.8, 4) is 0 Å². The largest absolute Gasteiger partial charge is 0.465 e. The Kier molecular flexibility index (Phi) is 6.84. The summed E-state index contributed by atoms with van der Waals surface area (Å²) in [6.07, 6.45) is 4.27. The van der Waals surface area contributed by atoms with Crippen LogP contribution in [-0.4, -0.2) is 58.9 Å². The minimum Gasteiger partial charge on any atom is -0.465 e. The average molecular weight is 462 g/mol. The Labute approximate surface area is 194 Å². The van der Waals surface area contributed by atoms with Crippen molar-refractivity contribution in [3.05, 3.63) is 29.6 Å². The molecule has 8 heteroatoms. The van der Waals surface area contributed by atoms with E-state index in [9.17, 15) is 14.7 Å². The molecule has 33 heavy (non-hydrogen) atoms. The number of hydrogen-bond donors (Lipinski definition) is 3. The number of anilines is 1. The first-order valence-electron chi connectivity index (χ1n) is 12.2. The summed E-state index contributed by atoms with van der Waals surface area (Å²) in [5, 5.41) is 21.4. The lowest BCUT2D eigenvalue weighted by molar-refractivity contribution is -0.139. The van der Waals surface area contributed by atoms with E-state index >= 15 is 4.39 Å². The van der Waals surface area contributed by atoms with Crippen molar-refractivity contribution < 1.29 is 24.2 Å². The lowest BCUT2D eigenvalue weighted by Crippen LogP contribution is -2.50. The Morgan fingerprint density at radius 1 is 1.18 bits per heavy atom. The number of aliphatic hydroxyl groups excluding tert-OH is 1. The van der Waals surface area contributed by atoms with Gasteiger partial charge in [0.05, 0.1) is 23.2 Å². The summed E-state index contributed by atoms with van der Waals surface area (Å²) in [5.74, 6) is -0.213. The number of carboxylic acid groups (broad SMARTS) is 1. The quantitative estimate of drug-likeness (QED) is 0.618. The van der Waals surface area contributed by atoms with E-state index in [1.807, 2.05) is 23.6 Å². The van der Waals surface area contributed by atoms with Crippen molar-refractivity contribution in [2.24, 2.45) is 11.3 Å². The second-order valence-electron chi connectivity index (χ2n) is 10.4. The predicted octanol–water partition coefficient (Wildman–Crippen LogP) is 3.91. The first kappa shape index (κ1) is 23.8. The highest BCUT2D eigenvalue weighted by atomic mass is 19.1. The third-order valence-corrected chi connectivity index (χ3v) is 7.85. The molecule has 3 N–H and O–H groups in total. The zero-order valence-corrected chi connectivity index (χ0v) is 19.6. The molecule has 2 amide bonds. The molecule has 7 nitrogen and oxygen atoms in total. The number of halogens is 1. The van der Waals surface area contributed by atoms with Crippen LogP contribution >= 0.6 is 0 Å². The molecular weight excluding hydrogens is 425 g/mol. The maximum atomic E-state index is 15.2. The molecule has 1 spiro atoms. The Morgan fingerprint density at radius 2 is 1.91 bits per heavy atom. The molecule has 1 saturated carbocycles. The lowest BCUT2D eigenvalue weighted by Gasteiger charge is -2.41. The summed E-state index contributed by atoms with van der Waals surface area (Å²) in [6.45, 7) is 5.74. The molecule has 2 atom stereocenters. The Hall–Kier alpha value is -2.35. The van der Waals surface area contributed by atoms with Gasteiger partial charge in [0, 0.05) is 25.7 Å². The number of amides is 2. The fourth-order valence-corrected chi connectivity index (χ4v) is 6.02. The summed E-state index contributed by atoms with van der Waals surface area (Å²) in [5.41, 5.74) is 0.607. The first-order valence-corrected chi connectivity index (χ1v) is 12.2. The maximum absolute atomic E-state index is 15.2. The van der Waals surface area contributed by atoms with Crippen molar-refractivity contribution >= 4 is 17.7 Å². The molecule has 2 aliphatic heterocycles. The van der Waals surface area contributed by atoms with Crippen LogP contribution in [-0.2, 0) is 4.79 Å². The van der Waals surface area contributed by atoms with Gasteiger partial charge in [-0.2, -0.15) is 0 Å². The highest BCUT2D eigenvalue weighted by Crippen LogP contribution is 2.44. The van der Waals surface area contributed by atoms with Crippen LogP contribution in [0.15, 0.2) is 18.2 Å². The van der Waals surface area contributed by atoms with E-state index in [2.05, 4.69) is 5.32 Å². The monoisotopic (exact) mass is 461 g/mol. The molecule has 2 heterocycles. The lowest BCUT2D eigenvalue weighted by atomic mass is 9.78. The van der Waals surface area contributed by atoms with Crippen molar-refractivity contribution in [1.82, 2.24) is 10.2 Å². The molecule has 3 aliphatic rings. The van der Waals surface area contributed by atoms with Crippen LogP contribution in [0.4, 0.5) is 14.9 Å². The average Bonchev–Trinajstić information content (AvgIpc) is 3.07. The van der Waals surface area contributed by atoms with Gasteiger partial charge in [-0.25, -0.2) is 9.18 Å². The molecule has 1 aromatic carbocycles. The van der Waals surface area contributed by atoms with Gasteiger partial charge in [-0.05, 0) is 68.6 Å². The predicted molar refractivity (Wildman–Crippen MR) is 124 cm³/mol. The van der Waals surface area contributed by atoms with Gasteiger partial charge in [0.15, 0.2) is 0 Å².